The topological polar surface area (TPSA) is 26.0 Å². The molecule has 1 unspecified atom stereocenters. The predicted octanol–water partition coefficient (Wildman–Crippen LogP) is 3.38. The second-order valence-corrected chi connectivity index (χ2v) is 5.69. The van der Waals surface area contributed by atoms with Crippen LogP contribution >= 0.6 is 11.8 Å². The van der Waals surface area contributed by atoms with E-state index >= 15 is 0 Å². The maximum Gasteiger partial charge on any atom is 0.0240 e. The van der Waals surface area contributed by atoms with Crippen LogP contribution in [0.3, 0.4) is 0 Å². The van der Waals surface area contributed by atoms with Gasteiger partial charge in [0.25, 0.3) is 0 Å². The first-order valence-corrected chi connectivity index (χ1v) is 6.36. The van der Waals surface area contributed by atoms with E-state index in [2.05, 4.69) is 45.9 Å². The quantitative estimate of drug-likeness (QED) is 0.792. The second kappa shape index (κ2) is 5.57. The summed E-state index contributed by atoms with van der Waals surface area (Å²) < 4.78 is 0. The maximum absolute atomic E-state index is 5.78. The van der Waals surface area contributed by atoms with E-state index in [-0.39, 0.29) is 0 Å². The number of rotatable bonds is 4. The van der Waals surface area contributed by atoms with Gasteiger partial charge in [0.1, 0.15) is 0 Å². The Balaban J connectivity index is 2.79. The van der Waals surface area contributed by atoms with Crippen LogP contribution in [0.2, 0.25) is 0 Å². The minimum Gasteiger partial charge on any atom is -0.329 e. The molecule has 0 aliphatic heterocycles. The summed E-state index contributed by atoms with van der Waals surface area (Å²) in [6, 6.07) is 6.61. The van der Waals surface area contributed by atoms with Crippen molar-refractivity contribution in [2.75, 3.05) is 6.54 Å². The molecule has 84 valence electrons. The fraction of sp³-hybridized carbons (Fsp3) is 0.538. The molecule has 0 heterocycles. The smallest absolute Gasteiger partial charge is 0.0240 e. The predicted molar refractivity (Wildman–Crippen MR) is 69.5 cm³/mol. The number of hydrogen-bond acceptors (Lipinski definition) is 2. The molecule has 1 aromatic rings. The zero-order chi connectivity index (χ0) is 11.4. The molecule has 0 saturated heterocycles. The third-order valence-electron chi connectivity index (χ3n) is 2.58. The molecule has 1 nitrogen and oxygen atoms in total. The molecule has 1 aromatic carbocycles. The normalized spacial score (nSPS) is 13.2. The molecule has 0 radical (unpaired) electrons. The number of nitrogens with two attached hydrogens (primary N) is 1. The Morgan fingerprint density at radius 1 is 1.27 bits per heavy atom. The van der Waals surface area contributed by atoms with Crippen molar-refractivity contribution < 1.29 is 0 Å². The Hall–Kier alpha value is -0.470. The first-order valence-electron chi connectivity index (χ1n) is 5.48. The van der Waals surface area contributed by atoms with E-state index in [0.717, 1.165) is 6.54 Å². The molecule has 1 atom stereocenters. The molecule has 0 spiro atoms. The summed E-state index contributed by atoms with van der Waals surface area (Å²) in [6.07, 6.45) is 0. The standard InChI is InChI=1S/C13H21NS/c1-9(2)13(8-14)15-12-6-5-10(3)7-11(12)4/h5-7,9,13H,8,14H2,1-4H3. The van der Waals surface area contributed by atoms with E-state index in [4.69, 9.17) is 5.73 Å². The van der Waals surface area contributed by atoms with Crippen LogP contribution in [0.5, 0.6) is 0 Å². The number of thioether (sulfide) groups is 1. The van der Waals surface area contributed by atoms with Crippen LogP contribution in [-0.2, 0) is 0 Å². The zero-order valence-corrected chi connectivity index (χ0v) is 10.9. The van der Waals surface area contributed by atoms with Crippen molar-refractivity contribution in [3.8, 4) is 0 Å². The van der Waals surface area contributed by atoms with Crippen molar-refractivity contribution in [1.82, 2.24) is 0 Å². The number of hydrogen-bond donors (Lipinski definition) is 1. The lowest BCUT2D eigenvalue weighted by atomic mass is 10.1. The molecular formula is C13H21NS. The lowest BCUT2D eigenvalue weighted by molar-refractivity contribution is 0.613. The van der Waals surface area contributed by atoms with Gasteiger partial charge in [-0.2, -0.15) is 0 Å². The van der Waals surface area contributed by atoms with Gasteiger partial charge in [0.05, 0.1) is 0 Å². The maximum atomic E-state index is 5.78. The van der Waals surface area contributed by atoms with Crippen molar-refractivity contribution in [3.05, 3.63) is 29.3 Å². The van der Waals surface area contributed by atoms with Crippen LogP contribution in [0.25, 0.3) is 0 Å². The Labute approximate surface area is 97.4 Å². The van der Waals surface area contributed by atoms with Gasteiger partial charge in [-0.25, -0.2) is 0 Å². The highest BCUT2D eigenvalue weighted by atomic mass is 32.2. The highest BCUT2D eigenvalue weighted by Crippen LogP contribution is 2.30. The fourth-order valence-electron chi connectivity index (χ4n) is 1.55. The minimum atomic E-state index is 0.520. The molecule has 15 heavy (non-hydrogen) atoms. The van der Waals surface area contributed by atoms with E-state index in [1.165, 1.54) is 16.0 Å². The van der Waals surface area contributed by atoms with E-state index < -0.39 is 0 Å². The summed E-state index contributed by atoms with van der Waals surface area (Å²) >= 11 is 1.91. The summed E-state index contributed by atoms with van der Waals surface area (Å²) in [5.74, 6) is 0.626. The summed E-state index contributed by atoms with van der Waals surface area (Å²) in [6.45, 7) is 9.51. The third-order valence-corrected chi connectivity index (χ3v) is 4.34. The Morgan fingerprint density at radius 2 is 1.93 bits per heavy atom. The van der Waals surface area contributed by atoms with E-state index in [1.807, 2.05) is 11.8 Å². The molecule has 0 fully saturated rings. The zero-order valence-electron chi connectivity index (χ0n) is 10.1. The van der Waals surface area contributed by atoms with Gasteiger partial charge in [0, 0.05) is 16.7 Å². The molecule has 0 aliphatic rings. The third kappa shape index (κ3) is 3.54. The molecule has 2 heteroatoms. The fourth-order valence-corrected chi connectivity index (χ4v) is 2.64. The summed E-state index contributed by atoms with van der Waals surface area (Å²) in [7, 11) is 0. The van der Waals surface area contributed by atoms with Crippen LogP contribution < -0.4 is 5.73 Å². The summed E-state index contributed by atoms with van der Waals surface area (Å²) in [5.41, 5.74) is 8.47. The van der Waals surface area contributed by atoms with Crippen LogP contribution in [0.4, 0.5) is 0 Å². The molecule has 0 bridgehead atoms. The van der Waals surface area contributed by atoms with E-state index in [9.17, 15) is 0 Å². The largest absolute Gasteiger partial charge is 0.329 e. The Morgan fingerprint density at radius 3 is 2.40 bits per heavy atom. The lowest BCUT2D eigenvalue weighted by Crippen LogP contribution is -2.22. The molecule has 0 aromatic heterocycles. The second-order valence-electron chi connectivity index (χ2n) is 4.40. The van der Waals surface area contributed by atoms with Crippen molar-refractivity contribution in [3.63, 3.8) is 0 Å². The van der Waals surface area contributed by atoms with Gasteiger partial charge in [-0.15, -0.1) is 11.8 Å². The Kier molecular flexibility index (Phi) is 4.68. The van der Waals surface area contributed by atoms with E-state index in [1.54, 1.807) is 0 Å². The van der Waals surface area contributed by atoms with Crippen LogP contribution in [0.15, 0.2) is 23.1 Å². The van der Waals surface area contributed by atoms with Gasteiger partial charge in [-0.05, 0) is 31.4 Å². The molecule has 2 N–H and O–H groups in total. The van der Waals surface area contributed by atoms with Crippen molar-refractivity contribution in [1.29, 1.82) is 0 Å². The molecule has 0 saturated carbocycles. The van der Waals surface area contributed by atoms with Crippen molar-refractivity contribution >= 4 is 11.8 Å². The van der Waals surface area contributed by atoms with Gasteiger partial charge < -0.3 is 5.73 Å². The van der Waals surface area contributed by atoms with Crippen LogP contribution in [0, 0.1) is 19.8 Å². The first-order chi connectivity index (χ1) is 7.04. The SMILES string of the molecule is Cc1ccc(SC(CN)C(C)C)c(C)c1. The van der Waals surface area contributed by atoms with Crippen LogP contribution in [-0.4, -0.2) is 11.8 Å². The highest BCUT2D eigenvalue weighted by molar-refractivity contribution is 8.00. The van der Waals surface area contributed by atoms with Crippen LogP contribution in [0.1, 0.15) is 25.0 Å². The Bertz CT molecular complexity index is 320. The van der Waals surface area contributed by atoms with Gasteiger partial charge in [-0.1, -0.05) is 31.5 Å². The van der Waals surface area contributed by atoms with Crippen molar-refractivity contribution in [2.24, 2.45) is 11.7 Å². The van der Waals surface area contributed by atoms with Crippen molar-refractivity contribution in [2.45, 2.75) is 37.8 Å². The number of benzene rings is 1. The summed E-state index contributed by atoms with van der Waals surface area (Å²) in [5, 5.41) is 0.520. The van der Waals surface area contributed by atoms with Gasteiger partial charge >= 0.3 is 0 Å². The average molecular weight is 223 g/mol. The lowest BCUT2D eigenvalue weighted by Gasteiger charge is -2.19. The highest BCUT2D eigenvalue weighted by Gasteiger charge is 2.13. The summed E-state index contributed by atoms with van der Waals surface area (Å²) in [4.78, 5) is 1.37. The van der Waals surface area contributed by atoms with Gasteiger partial charge in [0.15, 0.2) is 0 Å². The molecule has 0 amide bonds. The average Bonchev–Trinajstić information content (AvgIpc) is 2.16. The molecule has 1 rings (SSSR count). The molecular weight excluding hydrogens is 202 g/mol. The number of aryl methyl sites for hydroxylation is 2. The van der Waals surface area contributed by atoms with E-state index in [0.29, 0.717) is 11.2 Å². The monoisotopic (exact) mass is 223 g/mol. The molecule has 0 aliphatic carbocycles. The van der Waals surface area contributed by atoms with Gasteiger partial charge in [0.2, 0.25) is 0 Å². The van der Waals surface area contributed by atoms with Gasteiger partial charge in [-0.3, -0.25) is 0 Å². The first kappa shape index (κ1) is 12.6. The minimum absolute atomic E-state index is 0.520.